The van der Waals surface area contributed by atoms with Gasteiger partial charge in [-0.25, -0.2) is 0 Å². The summed E-state index contributed by atoms with van der Waals surface area (Å²) in [6, 6.07) is 10.0. The number of rotatable bonds is 6. The Bertz CT molecular complexity index is 439. The van der Waals surface area contributed by atoms with Crippen molar-refractivity contribution in [2.45, 2.75) is 43.9 Å². The van der Waals surface area contributed by atoms with Crippen molar-refractivity contribution in [1.82, 2.24) is 10.6 Å². The summed E-state index contributed by atoms with van der Waals surface area (Å²) in [6.07, 6.45) is 4.67. The van der Waals surface area contributed by atoms with Crippen LogP contribution in [0, 0.1) is 0 Å². The van der Waals surface area contributed by atoms with Crippen LogP contribution < -0.4 is 10.6 Å². The molecule has 0 unspecified atom stereocenters. The molecule has 2 aliphatic rings. The first-order chi connectivity index (χ1) is 9.83. The third-order valence-electron chi connectivity index (χ3n) is 3.89. The van der Waals surface area contributed by atoms with Crippen LogP contribution >= 0.6 is 0 Å². The number of carbonyl (C=O) groups is 1. The number of carbonyl (C=O) groups excluding carboxylic acids is 1. The van der Waals surface area contributed by atoms with E-state index in [-0.39, 0.29) is 18.1 Å². The van der Waals surface area contributed by atoms with Crippen molar-refractivity contribution in [2.24, 2.45) is 0 Å². The minimum absolute atomic E-state index is 0.0803. The lowest BCUT2D eigenvalue weighted by molar-refractivity contribution is -0.123. The maximum Gasteiger partial charge on any atom is 0.241 e. The third-order valence-corrected chi connectivity index (χ3v) is 3.89. The van der Waals surface area contributed by atoms with Gasteiger partial charge in [-0.15, -0.1) is 0 Å². The summed E-state index contributed by atoms with van der Waals surface area (Å²) in [6.45, 7) is 1.58. The van der Waals surface area contributed by atoms with Crippen LogP contribution in [-0.2, 0) is 9.53 Å². The quantitative estimate of drug-likeness (QED) is 0.831. The van der Waals surface area contributed by atoms with Crippen LogP contribution in [0.4, 0.5) is 0 Å². The summed E-state index contributed by atoms with van der Waals surface area (Å²) < 4.78 is 5.62. The van der Waals surface area contributed by atoms with Crippen molar-refractivity contribution < 1.29 is 9.53 Å². The lowest BCUT2D eigenvalue weighted by Gasteiger charge is -2.20. The summed E-state index contributed by atoms with van der Waals surface area (Å²) in [4.78, 5) is 12.4. The highest BCUT2D eigenvalue weighted by atomic mass is 16.5. The molecule has 0 aromatic heterocycles. The SMILES string of the molecule is O=C(NC1CC1)[C@H](NC[C@@H]1CCCO1)c1ccccc1. The Morgan fingerprint density at radius 3 is 2.70 bits per heavy atom. The van der Waals surface area contributed by atoms with Crippen LogP contribution in [0.1, 0.15) is 37.3 Å². The van der Waals surface area contributed by atoms with Crippen molar-refractivity contribution in [3.05, 3.63) is 35.9 Å². The number of nitrogens with one attached hydrogen (secondary N) is 2. The average molecular weight is 274 g/mol. The monoisotopic (exact) mass is 274 g/mol. The molecule has 1 heterocycles. The molecule has 20 heavy (non-hydrogen) atoms. The highest BCUT2D eigenvalue weighted by Gasteiger charge is 2.29. The van der Waals surface area contributed by atoms with Gasteiger partial charge in [-0.2, -0.15) is 0 Å². The minimum atomic E-state index is -0.277. The van der Waals surface area contributed by atoms with Gasteiger partial charge in [0.25, 0.3) is 0 Å². The van der Waals surface area contributed by atoms with Gasteiger partial charge >= 0.3 is 0 Å². The van der Waals surface area contributed by atoms with Crippen molar-refractivity contribution in [1.29, 1.82) is 0 Å². The number of amides is 1. The van der Waals surface area contributed by atoms with Crippen molar-refractivity contribution in [3.8, 4) is 0 Å². The molecule has 4 nitrogen and oxygen atoms in total. The van der Waals surface area contributed by atoms with Gasteiger partial charge < -0.3 is 10.1 Å². The molecule has 108 valence electrons. The van der Waals surface area contributed by atoms with Crippen molar-refractivity contribution >= 4 is 5.91 Å². The van der Waals surface area contributed by atoms with E-state index in [4.69, 9.17) is 4.74 Å². The zero-order valence-electron chi connectivity index (χ0n) is 11.7. The second-order valence-electron chi connectivity index (χ2n) is 5.67. The van der Waals surface area contributed by atoms with E-state index in [1.165, 1.54) is 0 Å². The molecule has 2 N–H and O–H groups in total. The number of benzene rings is 1. The molecular formula is C16H22N2O2. The van der Waals surface area contributed by atoms with Gasteiger partial charge in [-0.05, 0) is 31.2 Å². The molecule has 0 bridgehead atoms. The van der Waals surface area contributed by atoms with Gasteiger partial charge in [-0.1, -0.05) is 30.3 Å². The predicted octanol–water partition coefficient (Wildman–Crippen LogP) is 1.77. The molecule has 1 saturated heterocycles. The molecule has 1 aliphatic heterocycles. The standard InChI is InChI=1S/C16H22N2O2/c19-16(18-13-8-9-13)15(12-5-2-1-3-6-12)17-11-14-7-4-10-20-14/h1-3,5-6,13-15,17H,4,7-11H2,(H,18,19)/t14-,15+/m0/s1. The first-order valence-corrected chi connectivity index (χ1v) is 7.53. The molecule has 2 fully saturated rings. The average Bonchev–Trinajstić information content (AvgIpc) is 3.13. The normalized spacial score (nSPS) is 23.5. The Kier molecular flexibility index (Phi) is 4.33. The second kappa shape index (κ2) is 6.37. The smallest absolute Gasteiger partial charge is 0.241 e. The molecule has 4 heteroatoms. The van der Waals surface area contributed by atoms with Gasteiger partial charge in [0.1, 0.15) is 6.04 Å². The van der Waals surface area contributed by atoms with Crippen LogP contribution in [0.2, 0.25) is 0 Å². The lowest BCUT2D eigenvalue weighted by Crippen LogP contribution is -2.41. The summed E-state index contributed by atoms with van der Waals surface area (Å²) in [5.41, 5.74) is 1.02. The Morgan fingerprint density at radius 2 is 2.05 bits per heavy atom. The largest absolute Gasteiger partial charge is 0.377 e. The molecule has 1 aromatic rings. The molecule has 0 spiro atoms. The van der Waals surface area contributed by atoms with E-state index in [1.807, 2.05) is 30.3 Å². The predicted molar refractivity (Wildman–Crippen MR) is 77.3 cm³/mol. The summed E-state index contributed by atoms with van der Waals surface area (Å²) in [5.74, 6) is 0.0803. The van der Waals surface area contributed by atoms with Gasteiger partial charge in [0.05, 0.1) is 6.10 Å². The van der Waals surface area contributed by atoms with E-state index in [0.717, 1.165) is 44.4 Å². The molecule has 1 aliphatic carbocycles. The highest BCUT2D eigenvalue weighted by Crippen LogP contribution is 2.21. The topological polar surface area (TPSA) is 50.4 Å². The number of hydrogen-bond acceptors (Lipinski definition) is 3. The van der Waals surface area contributed by atoms with Crippen molar-refractivity contribution in [3.63, 3.8) is 0 Å². The number of hydrogen-bond donors (Lipinski definition) is 2. The highest BCUT2D eigenvalue weighted by molar-refractivity contribution is 5.83. The fraction of sp³-hybridized carbons (Fsp3) is 0.562. The van der Waals surface area contributed by atoms with Crippen LogP contribution in [0.3, 0.4) is 0 Å². The molecule has 2 atom stereocenters. The van der Waals surface area contributed by atoms with E-state index in [9.17, 15) is 4.79 Å². The van der Waals surface area contributed by atoms with Crippen LogP contribution in [-0.4, -0.2) is 31.2 Å². The van der Waals surface area contributed by atoms with E-state index < -0.39 is 0 Å². The van der Waals surface area contributed by atoms with Gasteiger partial charge in [-0.3, -0.25) is 10.1 Å². The molecule has 1 aromatic carbocycles. The minimum Gasteiger partial charge on any atom is -0.377 e. The van der Waals surface area contributed by atoms with Gasteiger partial charge in [0.15, 0.2) is 0 Å². The summed E-state index contributed by atoms with van der Waals surface area (Å²) in [5, 5.41) is 6.46. The maximum absolute atomic E-state index is 12.4. The van der Waals surface area contributed by atoms with Crippen LogP contribution in [0.5, 0.6) is 0 Å². The van der Waals surface area contributed by atoms with Crippen LogP contribution in [0.25, 0.3) is 0 Å². The Balaban J connectivity index is 1.63. The van der Waals surface area contributed by atoms with E-state index >= 15 is 0 Å². The summed E-state index contributed by atoms with van der Waals surface area (Å²) >= 11 is 0. The molecule has 1 saturated carbocycles. The zero-order chi connectivity index (χ0) is 13.8. The Hall–Kier alpha value is -1.39. The Labute approximate surface area is 119 Å². The fourth-order valence-corrected chi connectivity index (χ4v) is 2.57. The van der Waals surface area contributed by atoms with Crippen LogP contribution in [0.15, 0.2) is 30.3 Å². The van der Waals surface area contributed by atoms with Gasteiger partial charge in [0, 0.05) is 19.2 Å². The maximum atomic E-state index is 12.4. The number of ether oxygens (including phenoxy) is 1. The molecular weight excluding hydrogens is 252 g/mol. The van der Waals surface area contributed by atoms with Gasteiger partial charge in [0.2, 0.25) is 5.91 Å². The molecule has 0 radical (unpaired) electrons. The molecule has 1 amide bonds. The third kappa shape index (κ3) is 3.58. The molecule has 3 rings (SSSR count). The first kappa shape index (κ1) is 13.6. The van der Waals surface area contributed by atoms with E-state index in [0.29, 0.717) is 6.04 Å². The summed E-state index contributed by atoms with van der Waals surface area (Å²) in [7, 11) is 0. The Morgan fingerprint density at radius 1 is 1.25 bits per heavy atom. The fourth-order valence-electron chi connectivity index (χ4n) is 2.57. The lowest BCUT2D eigenvalue weighted by atomic mass is 10.1. The first-order valence-electron chi connectivity index (χ1n) is 7.53. The zero-order valence-corrected chi connectivity index (χ0v) is 11.7. The second-order valence-corrected chi connectivity index (χ2v) is 5.67. The van der Waals surface area contributed by atoms with E-state index in [2.05, 4.69) is 10.6 Å². The van der Waals surface area contributed by atoms with Crippen molar-refractivity contribution in [2.75, 3.05) is 13.2 Å². The van der Waals surface area contributed by atoms with E-state index in [1.54, 1.807) is 0 Å².